The summed E-state index contributed by atoms with van der Waals surface area (Å²) in [6.07, 6.45) is 0. The van der Waals surface area contributed by atoms with Crippen molar-refractivity contribution in [2.45, 2.75) is 6.92 Å². The fourth-order valence-electron chi connectivity index (χ4n) is 2.00. The van der Waals surface area contributed by atoms with Gasteiger partial charge in [0.1, 0.15) is 5.76 Å². The number of β-amino-alcohol motifs (C(OH)–C–C–N with tert-alkyl or cyclic N) is 1. The number of aliphatic hydroxyl groups excluding tert-OH is 1. The molecule has 19 heavy (non-hydrogen) atoms. The van der Waals surface area contributed by atoms with E-state index in [1.807, 2.05) is 0 Å². The maximum atomic E-state index is 11.9. The normalized spacial score (nSPS) is 16.6. The molecule has 2 rings (SSSR count). The Kier molecular flexibility index (Phi) is 4.75. The first-order chi connectivity index (χ1) is 9.19. The van der Waals surface area contributed by atoms with Gasteiger partial charge in [0.05, 0.1) is 6.61 Å². The molecule has 1 N–H and O–H groups in total. The molecule has 7 heteroatoms. The Bertz CT molecular complexity index is 413. The van der Waals surface area contributed by atoms with Crippen molar-refractivity contribution in [3.05, 3.63) is 11.8 Å². The van der Waals surface area contributed by atoms with Crippen LogP contribution in [0.15, 0.2) is 10.6 Å². The molecule has 1 amide bonds. The number of ether oxygens (including phenoxy) is 1. The first-order valence-electron chi connectivity index (χ1n) is 6.36. The van der Waals surface area contributed by atoms with Crippen LogP contribution in [0.25, 0.3) is 0 Å². The van der Waals surface area contributed by atoms with Crippen molar-refractivity contribution in [2.75, 3.05) is 45.9 Å². The van der Waals surface area contributed by atoms with E-state index in [-0.39, 0.29) is 19.1 Å². The Morgan fingerprint density at radius 3 is 2.79 bits per heavy atom. The number of hydrogen-bond acceptors (Lipinski definition) is 6. The largest absolute Gasteiger partial charge is 0.465 e. The summed E-state index contributed by atoms with van der Waals surface area (Å²) in [5.41, 5.74) is 0. The van der Waals surface area contributed by atoms with Gasteiger partial charge in [0.15, 0.2) is 6.61 Å². The minimum Gasteiger partial charge on any atom is -0.465 e. The second kappa shape index (κ2) is 6.53. The summed E-state index contributed by atoms with van der Waals surface area (Å²) in [5.74, 6) is 0.939. The minimum absolute atomic E-state index is 0.0219. The molecule has 1 aliphatic heterocycles. The highest BCUT2D eigenvalue weighted by molar-refractivity contribution is 5.77. The predicted molar refractivity (Wildman–Crippen MR) is 66.8 cm³/mol. The topological polar surface area (TPSA) is 79.0 Å². The van der Waals surface area contributed by atoms with E-state index in [2.05, 4.69) is 10.1 Å². The Morgan fingerprint density at radius 1 is 1.47 bits per heavy atom. The average molecular weight is 269 g/mol. The highest BCUT2D eigenvalue weighted by Gasteiger charge is 2.21. The van der Waals surface area contributed by atoms with E-state index in [1.54, 1.807) is 17.9 Å². The molecule has 0 aliphatic carbocycles. The van der Waals surface area contributed by atoms with Gasteiger partial charge in [-0.1, -0.05) is 0 Å². The van der Waals surface area contributed by atoms with Crippen molar-refractivity contribution < 1.29 is 19.2 Å². The summed E-state index contributed by atoms with van der Waals surface area (Å²) < 4.78 is 10.1. The molecule has 0 saturated carbocycles. The molecule has 2 heterocycles. The maximum absolute atomic E-state index is 11.9. The number of rotatable bonds is 5. The number of aryl methyl sites for hydroxylation is 1. The smallest absolute Gasteiger partial charge is 0.260 e. The number of carbonyl (C=O) groups is 1. The molecule has 0 unspecified atom stereocenters. The molecule has 1 aliphatic rings. The second-order valence-electron chi connectivity index (χ2n) is 4.51. The number of aliphatic hydroxyl groups is 1. The summed E-state index contributed by atoms with van der Waals surface area (Å²) >= 11 is 0. The van der Waals surface area contributed by atoms with Gasteiger partial charge in [-0.05, 0) is 12.1 Å². The van der Waals surface area contributed by atoms with Crippen molar-refractivity contribution in [3.63, 3.8) is 0 Å². The summed E-state index contributed by atoms with van der Waals surface area (Å²) in [5, 5.41) is 12.5. The molecule has 0 radical (unpaired) electrons. The number of amides is 1. The summed E-state index contributed by atoms with van der Waals surface area (Å²) in [4.78, 5) is 15.8. The van der Waals surface area contributed by atoms with Crippen LogP contribution in [0.2, 0.25) is 0 Å². The SMILES string of the molecule is Cc1cc(OCC(=O)N2CCN(CCO)CC2)no1. The van der Waals surface area contributed by atoms with E-state index in [0.717, 1.165) is 13.1 Å². The van der Waals surface area contributed by atoms with Gasteiger partial charge in [-0.25, -0.2) is 0 Å². The van der Waals surface area contributed by atoms with Crippen molar-refractivity contribution in [1.82, 2.24) is 15.0 Å². The molecule has 0 aromatic carbocycles. The van der Waals surface area contributed by atoms with Crippen molar-refractivity contribution in [3.8, 4) is 5.88 Å². The van der Waals surface area contributed by atoms with Crippen LogP contribution in [-0.4, -0.2) is 71.9 Å². The third-order valence-corrected chi connectivity index (χ3v) is 3.09. The maximum Gasteiger partial charge on any atom is 0.260 e. The molecule has 0 bridgehead atoms. The van der Waals surface area contributed by atoms with Gasteiger partial charge < -0.3 is 19.3 Å². The summed E-state index contributed by atoms with van der Waals surface area (Å²) in [6, 6.07) is 1.65. The molecule has 1 saturated heterocycles. The van der Waals surface area contributed by atoms with E-state index in [1.165, 1.54) is 0 Å². The van der Waals surface area contributed by atoms with E-state index in [0.29, 0.717) is 31.3 Å². The van der Waals surface area contributed by atoms with E-state index in [4.69, 9.17) is 14.4 Å². The van der Waals surface area contributed by atoms with E-state index in [9.17, 15) is 4.79 Å². The molecule has 0 spiro atoms. The van der Waals surface area contributed by atoms with Crippen molar-refractivity contribution >= 4 is 5.91 Å². The summed E-state index contributed by atoms with van der Waals surface area (Å²) in [7, 11) is 0. The molecule has 7 nitrogen and oxygen atoms in total. The lowest BCUT2D eigenvalue weighted by Gasteiger charge is -2.34. The van der Waals surface area contributed by atoms with Gasteiger partial charge in [-0.3, -0.25) is 9.69 Å². The molecule has 1 aromatic heterocycles. The zero-order valence-electron chi connectivity index (χ0n) is 11.0. The van der Waals surface area contributed by atoms with Gasteiger partial charge >= 0.3 is 0 Å². The van der Waals surface area contributed by atoms with Gasteiger partial charge in [-0.15, -0.1) is 0 Å². The zero-order chi connectivity index (χ0) is 13.7. The zero-order valence-corrected chi connectivity index (χ0v) is 11.0. The van der Waals surface area contributed by atoms with Crippen LogP contribution < -0.4 is 4.74 Å². The number of aromatic nitrogens is 1. The highest BCUT2D eigenvalue weighted by Crippen LogP contribution is 2.10. The van der Waals surface area contributed by atoms with E-state index < -0.39 is 0 Å². The minimum atomic E-state index is -0.0516. The Morgan fingerprint density at radius 2 is 2.21 bits per heavy atom. The quantitative estimate of drug-likeness (QED) is 0.776. The Labute approximate surface area is 111 Å². The van der Waals surface area contributed by atoms with Crippen LogP contribution in [0, 0.1) is 6.92 Å². The van der Waals surface area contributed by atoms with Crippen LogP contribution in [0.5, 0.6) is 5.88 Å². The van der Waals surface area contributed by atoms with Crippen LogP contribution in [0.4, 0.5) is 0 Å². The Balaban J connectivity index is 1.72. The molecule has 0 atom stereocenters. The third kappa shape index (κ3) is 3.93. The third-order valence-electron chi connectivity index (χ3n) is 3.09. The van der Waals surface area contributed by atoms with Gasteiger partial charge in [0, 0.05) is 38.8 Å². The van der Waals surface area contributed by atoms with Crippen molar-refractivity contribution in [2.24, 2.45) is 0 Å². The average Bonchev–Trinajstić information content (AvgIpc) is 2.83. The first-order valence-corrected chi connectivity index (χ1v) is 6.36. The molecular formula is C12H19N3O4. The van der Waals surface area contributed by atoms with Gasteiger partial charge in [-0.2, -0.15) is 0 Å². The van der Waals surface area contributed by atoms with E-state index >= 15 is 0 Å². The predicted octanol–water partition coefficient (Wildman–Crippen LogP) is -0.502. The first kappa shape index (κ1) is 13.8. The highest BCUT2D eigenvalue weighted by atomic mass is 16.5. The van der Waals surface area contributed by atoms with Crippen LogP contribution in [0.1, 0.15) is 5.76 Å². The lowest BCUT2D eigenvalue weighted by atomic mass is 10.3. The van der Waals surface area contributed by atoms with Crippen LogP contribution >= 0.6 is 0 Å². The lowest BCUT2D eigenvalue weighted by Crippen LogP contribution is -2.50. The number of piperazine rings is 1. The summed E-state index contributed by atoms with van der Waals surface area (Å²) in [6.45, 7) is 5.47. The van der Waals surface area contributed by atoms with Crippen LogP contribution in [0.3, 0.4) is 0 Å². The molecule has 1 fully saturated rings. The van der Waals surface area contributed by atoms with Gasteiger partial charge in [0.25, 0.3) is 11.8 Å². The van der Waals surface area contributed by atoms with Crippen molar-refractivity contribution in [1.29, 1.82) is 0 Å². The number of hydrogen-bond donors (Lipinski definition) is 1. The van der Waals surface area contributed by atoms with Crippen LogP contribution in [-0.2, 0) is 4.79 Å². The fraction of sp³-hybridized carbons (Fsp3) is 0.667. The lowest BCUT2D eigenvalue weighted by molar-refractivity contribution is -0.135. The second-order valence-corrected chi connectivity index (χ2v) is 4.51. The Hall–Kier alpha value is -1.60. The molecule has 1 aromatic rings. The fourth-order valence-corrected chi connectivity index (χ4v) is 2.00. The molecule has 106 valence electrons. The van der Waals surface area contributed by atoms with Gasteiger partial charge in [0.2, 0.25) is 0 Å². The number of carbonyl (C=O) groups excluding carboxylic acids is 1. The number of nitrogens with zero attached hydrogens (tertiary/aromatic N) is 3. The monoisotopic (exact) mass is 269 g/mol. The molecular weight excluding hydrogens is 250 g/mol. The standard InChI is InChI=1S/C12H19N3O4/c1-10-8-11(13-19-10)18-9-12(17)15-4-2-14(3-5-15)6-7-16/h8,16H,2-7,9H2,1H3.